The molecule has 0 fully saturated rings. The lowest BCUT2D eigenvalue weighted by molar-refractivity contribution is 0.0996. The molecule has 8 heteroatoms. The SMILES string of the molecule is CNc1nc(NCC(C)(O)CSC)c2[nH]cnc2n1. The van der Waals surface area contributed by atoms with Crippen molar-refractivity contribution in [2.24, 2.45) is 0 Å². The molecule has 2 aromatic heterocycles. The summed E-state index contributed by atoms with van der Waals surface area (Å²) in [6, 6.07) is 0. The van der Waals surface area contributed by atoms with E-state index < -0.39 is 5.60 Å². The molecular weight excluding hydrogens is 264 g/mol. The Morgan fingerprint density at radius 3 is 2.95 bits per heavy atom. The average molecular weight is 282 g/mol. The van der Waals surface area contributed by atoms with Crippen LogP contribution in [0.5, 0.6) is 0 Å². The molecule has 4 N–H and O–H groups in total. The third-order valence-electron chi connectivity index (χ3n) is 2.60. The number of H-pyrrole nitrogens is 1. The number of imidazole rings is 1. The van der Waals surface area contributed by atoms with E-state index in [1.165, 1.54) is 0 Å². The highest BCUT2D eigenvalue weighted by molar-refractivity contribution is 7.98. The van der Waals surface area contributed by atoms with E-state index in [9.17, 15) is 5.11 Å². The summed E-state index contributed by atoms with van der Waals surface area (Å²) in [6.45, 7) is 2.20. The van der Waals surface area contributed by atoms with Gasteiger partial charge in [-0.2, -0.15) is 21.7 Å². The van der Waals surface area contributed by atoms with Gasteiger partial charge in [0.25, 0.3) is 0 Å². The van der Waals surface area contributed by atoms with E-state index >= 15 is 0 Å². The average Bonchev–Trinajstić information content (AvgIpc) is 2.83. The Bertz CT molecular complexity index is 555. The summed E-state index contributed by atoms with van der Waals surface area (Å²) in [7, 11) is 1.75. The molecule has 1 atom stereocenters. The fourth-order valence-corrected chi connectivity index (χ4v) is 2.43. The van der Waals surface area contributed by atoms with Crippen molar-refractivity contribution in [1.82, 2.24) is 19.9 Å². The first-order chi connectivity index (χ1) is 9.05. The Morgan fingerprint density at radius 1 is 1.47 bits per heavy atom. The summed E-state index contributed by atoms with van der Waals surface area (Å²) in [5.74, 6) is 1.77. The van der Waals surface area contributed by atoms with Crippen molar-refractivity contribution in [3.05, 3.63) is 6.33 Å². The van der Waals surface area contributed by atoms with E-state index in [4.69, 9.17) is 0 Å². The van der Waals surface area contributed by atoms with Crippen LogP contribution in [0.2, 0.25) is 0 Å². The lowest BCUT2D eigenvalue weighted by Gasteiger charge is -2.22. The third-order valence-corrected chi connectivity index (χ3v) is 3.51. The van der Waals surface area contributed by atoms with Crippen molar-refractivity contribution in [1.29, 1.82) is 0 Å². The van der Waals surface area contributed by atoms with Crippen molar-refractivity contribution in [2.75, 3.05) is 36.2 Å². The molecule has 104 valence electrons. The maximum atomic E-state index is 10.2. The summed E-state index contributed by atoms with van der Waals surface area (Å²) in [5.41, 5.74) is 0.529. The molecular formula is C11H18N6OS. The largest absolute Gasteiger partial charge is 0.387 e. The summed E-state index contributed by atoms with van der Waals surface area (Å²) < 4.78 is 0. The second-order valence-electron chi connectivity index (χ2n) is 4.53. The van der Waals surface area contributed by atoms with Crippen molar-refractivity contribution >= 4 is 34.7 Å². The van der Waals surface area contributed by atoms with Crippen molar-refractivity contribution in [3.63, 3.8) is 0 Å². The van der Waals surface area contributed by atoms with Gasteiger partial charge in [0, 0.05) is 19.3 Å². The van der Waals surface area contributed by atoms with E-state index in [-0.39, 0.29) is 0 Å². The van der Waals surface area contributed by atoms with Gasteiger partial charge in [-0.25, -0.2) is 4.98 Å². The second kappa shape index (κ2) is 5.62. The van der Waals surface area contributed by atoms with E-state index in [1.807, 2.05) is 6.26 Å². The fraction of sp³-hybridized carbons (Fsp3) is 0.545. The van der Waals surface area contributed by atoms with E-state index in [2.05, 4.69) is 30.6 Å². The zero-order chi connectivity index (χ0) is 13.9. The Morgan fingerprint density at radius 2 is 2.26 bits per heavy atom. The number of aliphatic hydroxyl groups is 1. The van der Waals surface area contributed by atoms with Gasteiger partial charge in [-0.15, -0.1) is 0 Å². The number of hydrogen-bond acceptors (Lipinski definition) is 7. The summed E-state index contributed by atoms with van der Waals surface area (Å²) in [4.78, 5) is 15.7. The molecule has 0 aromatic carbocycles. The normalized spacial score (nSPS) is 14.3. The van der Waals surface area contributed by atoms with Crippen LogP contribution < -0.4 is 10.6 Å². The number of rotatable bonds is 6. The minimum absolute atomic E-state index is 0.405. The highest BCUT2D eigenvalue weighted by atomic mass is 32.2. The van der Waals surface area contributed by atoms with Gasteiger partial charge < -0.3 is 20.7 Å². The molecule has 19 heavy (non-hydrogen) atoms. The number of nitrogens with one attached hydrogen (secondary N) is 3. The molecule has 2 heterocycles. The molecule has 0 spiro atoms. The van der Waals surface area contributed by atoms with Gasteiger partial charge in [0.2, 0.25) is 5.95 Å². The van der Waals surface area contributed by atoms with E-state index in [1.54, 1.807) is 32.1 Å². The van der Waals surface area contributed by atoms with Crippen molar-refractivity contribution in [2.45, 2.75) is 12.5 Å². The topological polar surface area (TPSA) is 98.8 Å². The number of thioether (sulfide) groups is 1. The Kier molecular flexibility index (Phi) is 4.11. The van der Waals surface area contributed by atoms with Crippen LogP contribution in [-0.4, -0.2) is 56.2 Å². The van der Waals surface area contributed by atoms with Crippen molar-refractivity contribution < 1.29 is 5.11 Å². The van der Waals surface area contributed by atoms with Crippen molar-refractivity contribution in [3.8, 4) is 0 Å². The smallest absolute Gasteiger partial charge is 0.226 e. The second-order valence-corrected chi connectivity index (χ2v) is 5.40. The van der Waals surface area contributed by atoms with Crippen LogP contribution in [0.15, 0.2) is 6.33 Å². The van der Waals surface area contributed by atoms with Crippen LogP contribution in [0.4, 0.5) is 11.8 Å². The molecule has 2 rings (SSSR count). The maximum absolute atomic E-state index is 10.2. The highest BCUT2D eigenvalue weighted by Gasteiger charge is 2.20. The molecule has 0 saturated heterocycles. The monoisotopic (exact) mass is 282 g/mol. The first-order valence-corrected chi connectivity index (χ1v) is 7.29. The van der Waals surface area contributed by atoms with Gasteiger partial charge in [-0.3, -0.25) is 0 Å². The molecule has 7 nitrogen and oxygen atoms in total. The molecule has 0 aliphatic rings. The maximum Gasteiger partial charge on any atom is 0.226 e. The van der Waals surface area contributed by atoms with Crippen LogP contribution in [0.25, 0.3) is 11.2 Å². The lowest BCUT2D eigenvalue weighted by Crippen LogP contribution is -2.36. The fourth-order valence-electron chi connectivity index (χ4n) is 1.71. The quantitative estimate of drug-likeness (QED) is 0.625. The van der Waals surface area contributed by atoms with Gasteiger partial charge in [-0.05, 0) is 13.2 Å². The molecule has 2 aromatic rings. The number of aromatic amines is 1. The molecule has 1 unspecified atom stereocenters. The van der Waals surface area contributed by atoms with Gasteiger partial charge in [-0.1, -0.05) is 0 Å². The molecule has 0 radical (unpaired) electrons. The number of nitrogens with zero attached hydrogens (tertiary/aromatic N) is 3. The summed E-state index contributed by atoms with van der Waals surface area (Å²) in [6.07, 6.45) is 3.54. The summed E-state index contributed by atoms with van der Waals surface area (Å²) >= 11 is 1.60. The van der Waals surface area contributed by atoms with Crippen LogP contribution in [0.3, 0.4) is 0 Å². The molecule has 0 saturated carbocycles. The van der Waals surface area contributed by atoms with Crippen LogP contribution in [0, 0.1) is 0 Å². The third kappa shape index (κ3) is 3.27. The number of hydrogen-bond donors (Lipinski definition) is 4. The highest BCUT2D eigenvalue weighted by Crippen LogP contribution is 2.19. The van der Waals surface area contributed by atoms with Gasteiger partial charge in [0.15, 0.2) is 11.5 Å². The van der Waals surface area contributed by atoms with Gasteiger partial charge in [0.1, 0.15) is 5.52 Å². The van der Waals surface area contributed by atoms with Gasteiger partial charge >= 0.3 is 0 Å². The number of fused-ring (bicyclic) bond motifs is 1. The molecule has 0 aliphatic heterocycles. The zero-order valence-corrected chi connectivity index (χ0v) is 12.0. The first kappa shape index (κ1) is 13.9. The van der Waals surface area contributed by atoms with Crippen LogP contribution >= 0.6 is 11.8 Å². The van der Waals surface area contributed by atoms with Gasteiger partial charge in [0.05, 0.1) is 11.9 Å². The van der Waals surface area contributed by atoms with Crippen LogP contribution in [-0.2, 0) is 0 Å². The zero-order valence-electron chi connectivity index (χ0n) is 11.2. The van der Waals surface area contributed by atoms with E-state index in [0.29, 0.717) is 29.7 Å². The number of aromatic nitrogens is 4. The Labute approximate surface area is 115 Å². The predicted molar refractivity (Wildman–Crippen MR) is 78.7 cm³/mol. The molecule has 0 bridgehead atoms. The van der Waals surface area contributed by atoms with Crippen LogP contribution in [0.1, 0.15) is 6.92 Å². The lowest BCUT2D eigenvalue weighted by atomic mass is 10.1. The standard InChI is InChI=1S/C11H18N6OS/c1-11(18,5-19-3)4-13-8-7-9(15-6-14-7)17-10(12-2)16-8/h6,18H,4-5H2,1-3H3,(H3,12,13,14,15,16,17). The Balaban J connectivity index is 2.22. The minimum Gasteiger partial charge on any atom is -0.387 e. The first-order valence-electron chi connectivity index (χ1n) is 5.90. The molecule has 0 amide bonds. The summed E-state index contributed by atoms with van der Waals surface area (Å²) in [5, 5.41) is 16.2. The van der Waals surface area contributed by atoms with E-state index in [0.717, 1.165) is 5.52 Å². The molecule has 0 aliphatic carbocycles. The predicted octanol–water partition coefficient (Wildman–Crippen LogP) is 0.920. The Hall–Kier alpha value is -1.54. The number of anilines is 2. The minimum atomic E-state index is -0.795.